The minimum atomic E-state index is 0.687. The summed E-state index contributed by atoms with van der Waals surface area (Å²) in [5.41, 5.74) is 4.35. The lowest BCUT2D eigenvalue weighted by Crippen LogP contribution is -2.29. The molecular formula is C14H22N2. The lowest BCUT2D eigenvalue weighted by atomic mass is 9.87. The molecule has 1 atom stereocenters. The summed E-state index contributed by atoms with van der Waals surface area (Å²) >= 11 is 0. The van der Waals surface area contributed by atoms with E-state index in [1.807, 2.05) is 0 Å². The van der Waals surface area contributed by atoms with Crippen LogP contribution >= 0.6 is 0 Å². The molecule has 1 aliphatic heterocycles. The lowest BCUT2D eigenvalue weighted by molar-refractivity contribution is 0.460. The molecule has 88 valence electrons. The maximum absolute atomic E-state index is 3.51. The minimum absolute atomic E-state index is 0.687. The first-order valence-corrected chi connectivity index (χ1v) is 6.17. The maximum Gasteiger partial charge on any atom is 0.0399 e. The SMILES string of the molecule is Cc1cccc(N(C)C)c1C1CCCNC1. The van der Waals surface area contributed by atoms with E-state index in [-0.39, 0.29) is 0 Å². The molecule has 0 saturated carbocycles. The Bertz CT molecular complexity index is 352. The second kappa shape index (κ2) is 4.88. The van der Waals surface area contributed by atoms with Crippen molar-refractivity contribution in [2.75, 3.05) is 32.1 Å². The van der Waals surface area contributed by atoms with Gasteiger partial charge in [-0.05, 0) is 49.4 Å². The average molecular weight is 218 g/mol. The van der Waals surface area contributed by atoms with E-state index in [4.69, 9.17) is 0 Å². The van der Waals surface area contributed by atoms with Crippen molar-refractivity contribution < 1.29 is 0 Å². The molecule has 0 aliphatic carbocycles. The number of nitrogens with zero attached hydrogens (tertiary/aromatic N) is 1. The van der Waals surface area contributed by atoms with Crippen LogP contribution in [0.1, 0.15) is 29.9 Å². The van der Waals surface area contributed by atoms with Gasteiger partial charge in [0.05, 0.1) is 0 Å². The smallest absolute Gasteiger partial charge is 0.0399 e. The number of anilines is 1. The van der Waals surface area contributed by atoms with E-state index in [2.05, 4.69) is 49.4 Å². The molecule has 0 spiro atoms. The Morgan fingerprint density at radius 1 is 1.31 bits per heavy atom. The molecule has 0 radical (unpaired) electrons. The quantitative estimate of drug-likeness (QED) is 0.820. The Kier molecular flexibility index (Phi) is 3.49. The van der Waals surface area contributed by atoms with Gasteiger partial charge in [-0.2, -0.15) is 0 Å². The predicted octanol–water partition coefficient (Wildman–Crippen LogP) is 2.53. The van der Waals surface area contributed by atoms with Crippen molar-refractivity contribution in [2.45, 2.75) is 25.7 Å². The summed E-state index contributed by atoms with van der Waals surface area (Å²) in [6, 6.07) is 6.62. The van der Waals surface area contributed by atoms with Crippen molar-refractivity contribution in [2.24, 2.45) is 0 Å². The van der Waals surface area contributed by atoms with E-state index in [1.54, 1.807) is 5.56 Å². The first-order chi connectivity index (χ1) is 7.70. The molecule has 2 rings (SSSR count). The molecule has 1 aromatic carbocycles. The van der Waals surface area contributed by atoms with Crippen LogP contribution in [-0.4, -0.2) is 27.2 Å². The van der Waals surface area contributed by atoms with Crippen molar-refractivity contribution in [1.82, 2.24) is 5.32 Å². The molecule has 0 bridgehead atoms. The molecule has 2 heteroatoms. The molecule has 1 aromatic rings. The number of rotatable bonds is 2. The molecule has 0 aromatic heterocycles. The van der Waals surface area contributed by atoms with Crippen molar-refractivity contribution in [3.63, 3.8) is 0 Å². The van der Waals surface area contributed by atoms with Gasteiger partial charge in [-0.3, -0.25) is 0 Å². The highest BCUT2D eigenvalue weighted by Gasteiger charge is 2.20. The largest absolute Gasteiger partial charge is 0.377 e. The summed E-state index contributed by atoms with van der Waals surface area (Å²) in [5, 5.41) is 3.51. The van der Waals surface area contributed by atoms with Crippen molar-refractivity contribution in [3.05, 3.63) is 29.3 Å². The third-order valence-electron chi connectivity index (χ3n) is 3.49. The van der Waals surface area contributed by atoms with Crippen LogP contribution in [0.5, 0.6) is 0 Å². The average Bonchev–Trinajstić information content (AvgIpc) is 2.29. The van der Waals surface area contributed by atoms with Gasteiger partial charge in [0, 0.05) is 26.3 Å². The van der Waals surface area contributed by atoms with Crippen molar-refractivity contribution in [1.29, 1.82) is 0 Å². The zero-order valence-corrected chi connectivity index (χ0v) is 10.6. The number of hydrogen-bond acceptors (Lipinski definition) is 2. The predicted molar refractivity (Wildman–Crippen MR) is 70.4 cm³/mol. The first-order valence-electron chi connectivity index (χ1n) is 6.17. The Balaban J connectivity index is 2.36. The van der Waals surface area contributed by atoms with E-state index in [0.29, 0.717) is 5.92 Å². The number of hydrogen-bond donors (Lipinski definition) is 1. The number of aryl methyl sites for hydroxylation is 1. The molecule has 16 heavy (non-hydrogen) atoms. The topological polar surface area (TPSA) is 15.3 Å². The van der Waals surface area contributed by atoms with Gasteiger partial charge in [-0.25, -0.2) is 0 Å². The molecule has 1 unspecified atom stereocenters. The molecule has 1 saturated heterocycles. The van der Waals surface area contributed by atoms with Crippen LogP contribution in [-0.2, 0) is 0 Å². The Morgan fingerprint density at radius 2 is 2.12 bits per heavy atom. The molecule has 0 amide bonds. The van der Waals surface area contributed by atoms with Crippen molar-refractivity contribution >= 4 is 5.69 Å². The van der Waals surface area contributed by atoms with Crippen LogP contribution in [0.25, 0.3) is 0 Å². The number of nitrogens with one attached hydrogen (secondary N) is 1. The van der Waals surface area contributed by atoms with Gasteiger partial charge >= 0.3 is 0 Å². The highest BCUT2D eigenvalue weighted by Crippen LogP contribution is 2.33. The Labute approximate surface area is 98.7 Å². The van der Waals surface area contributed by atoms with Crippen LogP contribution in [0.4, 0.5) is 5.69 Å². The van der Waals surface area contributed by atoms with Gasteiger partial charge in [0.2, 0.25) is 0 Å². The molecule has 1 fully saturated rings. The normalized spacial score (nSPS) is 20.8. The monoisotopic (exact) mass is 218 g/mol. The lowest BCUT2D eigenvalue weighted by Gasteiger charge is -2.29. The number of piperidine rings is 1. The molecule has 1 aliphatic rings. The summed E-state index contributed by atoms with van der Waals surface area (Å²) in [4.78, 5) is 2.23. The minimum Gasteiger partial charge on any atom is -0.377 e. The summed E-state index contributed by atoms with van der Waals surface area (Å²) in [6.45, 7) is 4.54. The summed E-state index contributed by atoms with van der Waals surface area (Å²) < 4.78 is 0. The second-order valence-corrected chi connectivity index (χ2v) is 4.95. The van der Waals surface area contributed by atoms with Gasteiger partial charge in [0.25, 0.3) is 0 Å². The second-order valence-electron chi connectivity index (χ2n) is 4.95. The summed E-state index contributed by atoms with van der Waals surface area (Å²) in [7, 11) is 4.27. The van der Waals surface area contributed by atoms with Gasteiger partial charge in [0.1, 0.15) is 0 Å². The highest BCUT2D eigenvalue weighted by atomic mass is 15.1. The first kappa shape index (κ1) is 11.5. The molecule has 1 N–H and O–H groups in total. The fourth-order valence-corrected chi connectivity index (χ4v) is 2.68. The van der Waals surface area contributed by atoms with Crippen LogP contribution in [0.2, 0.25) is 0 Å². The Hall–Kier alpha value is -1.02. The van der Waals surface area contributed by atoms with Gasteiger partial charge < -0.3 is 10.2 Å². The van der Waals surface area contributed by atoms with Gasteiger partial charge in [-0.15, -0.1) is 0 Å². The van der Waals surface area contributed by atoms with Gasteiger partial charge in [0.15, 0.2) is 0 Å². The van der Waals surface area contributed by atoms with E-state index < -0.39 is 0 Å². The number of benzene rings is 1. The fourth-order valence-electron chi connectivity index (χ4n) is 2.68. The molecular weight excluding hydrogens is 196 g/mol. The van der Waals surface area contributed by atoms with Crippen LogP contribution < -0.4 is 10.2 Å². The zero-order valence-electron chi connectivity index (χ0n) is 10.6. The summed E-state index contributed by atoms with van der Waals surface area (Å²) in [6.07, 6.45) is 2.62. The van der Waals surface area contributed by atoms with E-state index >= 15 is 0 Å². The molecule has 1 heterocycles. The van der Waals surface area contributed by atoms with Crippen LogP contribution in [0.15, 0.2) is 18.2 Å². The van der Waals surface area contributed by atoms with E-state index in [1.165, 1.54) is 30.6 Å². The third kappa shape index (κ3) is 2.22. The van der Waals surface area contributed by atoms with E-state index in [0.717, 1.165) is 6.54 Å². The fraction of sp³-hybridized carbons (Fsp3) is 0.571. The zero-order chi connectivity index (χ0) is 11.5. The van der Waals surface area contributed by atoms with Crippen molar-refractivity contribution in [3.8, 4) is 0 Å². The third-order valence-corrected chi connectivity index (χ3v) is 3.49. The highest BCUT2D eigenvalue weighted by molar-refractivity contribution is 5.57. The standard InChI is InChI=1S/C14H22N2/c1-11-6-4-8-13(16(2)3)14(11)12-7-5-9-15-10-12/h4,6,8,12,15H,5,7,9-10H2,1-3H3. The Morgan fingerprint density at radius 3 is 2.75 bits per heavy atom. The van der Waals surface area contributed by atoms with Crippen LogP contribution in [0.3, 0.4) is 0 Å². The van der Waals surface area contributed by atoms with Gasteiger partial charge in [-0.1, -0.05) is 12.1 Å². The maximum atomic E-state index is 3.51. The van der Waals surface area contributed by atoms with Crippen LogP contribution in [0, 0.1) is 6.92 Å². The molecule has 2 nitrogen and oxygen atoms in total. The summed E-state index contributed by atoms with van der Waals surface area (Å²) in [5.74, 6) is 0.687. The van der Waals surface area contributed by atoms with E-state index in [9.17, 15) is 0 Å².